The summed E-state index contributed by atoms with van der Waals surface area (Å²) in [4.78, 5) is 36.6. The van der Waals surface area contributed by atoms with Gasteiger partial charge in [-0.25, -0.2) is 9.36 Å². The number of halogens is 2. The van der Waals surface area contributed by atoms with Gasteiger partial charge in [-0.15, -0.1) is 0 Å². The Morgan fingerprint density at radius 3 is 2.61 bits per heavy atom. The zero-order valence-electron chi connectivity index (χ0n) is 17.0. The highest BCUT2D eigenvalue weighted by atomic mass is 35.5. The molecule has 1 saturated heterocycles. The van der Waals surface area contributed by atoms with Crippen molar-refractivity contribution in [1.82, 2.24) is 14.6 Å². The maximum Gasteiger partial charge on any atom is 0.459 e. The summed E-state index contributed by atoms with van der Waals surface area (Å²) in [6.07, 6.45) is -3.29. The SMILES string of the molecule is CC(NP(=O)(OC[C@H]1O[C@@H](n2ccc(=O)[nH]c2=O)C(Cl)(Cl)[C@@H]1O)Oc1ccccc1)C(=O)O. The molecule has 15 heteroatoms. The van der Waals surface area contributed by atoms with Gasteiger partial charge in [0.25, 0.3) is 5.56 Å². The van der Waals surface area contributed by atoms with Crippen LogP contribution in [0.3, 0.4) is 0 Å². The number of H-pyrrole nitrogens is 1. The quantitative estimate of drug-likeness (QED) is 0.277. The molecular formula is C18H20Cl2N3O9P. The van der Waals surface area contributed by atoms with E-state index in [4.69, 9.17) is 42.1 Å². The lowest BCUT2D eigenvalue weighted by molar-refractivity contribution is -0.138. The molecule has 1 aliphatic heterocycles. The number of rotatable bonds is 9. The number of nitrogens with zero attached hydrogens (tertiary/aromatic N) is 1. The molecule has 2 unspecified atom stereocenters. The van der Waals surface area contributed by atoms with Crippen LogP contribution in [-0.2, 0) is 18.6 Å². The molecule has 3 rings (SSSR count). The Morgan fingerprint density at radius 1 is 1.33 bits per heavy atom. The Bertz CT molecular complexity index is 1160. The molecule has 4 N–H and O–H groups in total. The normalized spacial score (nSPS) is 24.7. The van der Waals surface area contributed by atoms with Crippen molar-refractivity contribution in [1.29, 1.82) is 0 Å². The molecule has 2 heterocycles. The molecule has 1 aliphatic rings. The Morgan fingerprint density at radius 2 is 2.00 bits per heavy atom. The molecule has 180 valence electrons. The fourth-order valence-electron chi connectivity index (χ4n) is 2.89. The first-order valence-electron chi connectivity index (χ1n) is 9.45. The molecule has 0 aliphatic carbocycles. The summed E-state index contributed by atoms with van der Waals surface area (Å²) < 4.78 is 28.4. The average molecular weight is 524 g/mol. The number of carboxylic acids is 1. The summed E-state index contributed by atoms with van der Waals surface area (Å²) in [5.41, 5.74) is -1.55. The van der Waals surface area contributed by atoms with Crippen LogP contribution < -0.4 is 20.9 Å². The minimum atomic E-state index is -4.30. The van der Waals surface area contributed by atoms with E-state index in [0.29, 0.717) is 0 Å². The van der Waals surface area contributed by atoms with Crippen molar-refractivity contribution >= 4 is 36.9 Å². The van der Waals surface area contributed by atoms with Gasteiger partial charge in [0.15, 0.2) is 10.6 Å². The van der Waals surface area contributed by atoms with Crippen molar-refractivity contribution in [3.8, 4) is 5.75 Å². The molecule has 2 aromatic rings. The lowest BCUT2D eigenvalue weighted by Gasteiger charge is -2.24. The minimum absolute atomic E-state index is 0.125. The van der Waals surface area contributed by atoms with E-state index in [2.05, 4.69) is 5.09 Å². The number of carboxylic acid groups (broad SMARTS) is 1. The van der Waals surface area contributed by atoms with E-state index >= 15 is 0 Å². The van der Waals surface area contributed by atoms with Gasteiger partial charge in [-0.1, -0.05) is 41.4 Å². The van der Waals surface area contributed by atoms with E-state index in [-0.39, 0.29) is 5.75 Å². The largest absolute Gasteiger partial charge is 0.480 e. The number of hydrogen-bond acceptors (Lipinski definition) is 8. The number of benzene rings is 1. The first-order chi connectivity index (χ1) is 15.4. The molecule has 12 nitrogen and oxygen atoms in total. The van der Waals surface area contributed by atoms with Crippen LogP contribution in [0.4, 0.5) is 0 Å². The van der Waals surface area contributed by atoms with Gasteiger partial charge >= 0.3 is 19.4 Å². The van der Waals surface area contributed by atoms with Gasteiger partial charge in [-0.05, 0) is 19.1 Å². The van der Waals surface area contributed by atoms with Crippen molar-refractivity contribution in [3.63, 3.8) is 0 Å². The van der Waals surface area contributed by atoms with E-state index in [1.54, 1.807) is 18.2 Å². The number of alkyl halides is 2. The van der Waals surface area contributed by atoms with Crippen LogP contribution in [0, 0.1) is 0 Å². The number of nitrogens with one attached hydrogen (secondary N) is 2. The third-order valence-electron chi connectivity index (χ3n) is 4.58. The zero-order valence-corrected chi connectivity index (χ0v) is 19.4. The van der Waals surface area contributed by atoms with Crippen molar-refractivity contribution in [3.05, 3.63) is 63.4 Å². The third kappa shape index (κ3) is 5.85. The van der Waals surface area contributed by atoms with Crippen LogP contribution in [0.5, 0.6) is 5.75 Å². The summed E-state index contributed by atoms with van der Waals surface area (Å²) >= 11 is 12.4. The summed E-state index contributed by atoms with van der Waals surface area (Å²) in [6.45, 7) is 0.620. The van der Waals surface area contributed by atoms with Gasteiger partial charge in [-0.3, -0.25) is 23.7 Å². The molecule has 0 bridgehead atoms. The van der Waals surface area contributed by atoms with Gasteiger partial charge < -0.3 is 19.5 Å². The van der Waals surface area contributed by atoms with E-state index in [1.807, 2.05) is 4.98 Å². The zero-order chi connectivity index (χ0) is 24.4. The van der Waals surface area contributed by atoms with Gasteiger partial charge in [0.05, 0.1) is 6.61 Å². The van der Waals surface area contributed by atoms with E-state index in [1.165, 1.54) is 19.1 Å². The molecule has 0 saturated carbocycles. The van der Waals surface area contributed by atoms with Crippen molar-refractivity contribution in [2.75, 3.05) is 6.61 Å². The summed E-state index contributed by atoms with van der Waals surface area (Å²) in [6, 6.07) is 7.56. The van der Waals surface area contributed by atoms with E-state index in [9.17, 15) is 24.1 Å². The summed E-state index contributed by atoms with van der Waals surface area (Å²) in [5, 5.41) is 22.0. The Labute approximate surface area is 196 Å². The number of ether oxygens (including phenoxy) is 1. The Hall–Kier alpha value is -2.18. The van der Waals surface area contributed by atoms with Gasteiger partial charge in [-0.2, -0.15) is 5.09 Å². The van der Waals surface area contributed by atoms with Crippen LogP contribution in [0.25, 0.3) is 0 Å². The number of carbonyl (C=O) groups is 1. The highest BCUT2D eigenvalue weighted by molar-refractivity contribution is 7.52. The number of aromatic nitrogens is 2. The first-order valence-corrected chi connectivity index (χ1v) is 11.8. The topological polar surface area (TPSA) is 169 Å². The second kappa shape index (κ2) is 9.98. The van der Waals surface area contributed by atoms with E-state index in [0.717, 1.165) is 16.8 Å². The highest BCUT2D eigenvalue weighted by Crippen LogP contribution is 2.49. The number of hydrogen-bond donors (Lipinski definition) is 4. The smallest absolute Gasteiger partial charge is 0.459 e. The van der Waals surface area contributed by atoms with Gasteiger partial charge in [0.2, 0.25) is 0 Å². The monoisotopic (exact) mass is 523 g/mol. The van der Waals surface area contributed by atoms with Crippen molar-refractivity contribution < 1.29 is 33.4 Å². The van der Waals surface area contributed by atoms with E-state index < -0.39 is 60.4 Å². The minimum Gasteiger partial charge on any atom is -0.480 e. The molecule has 0 radical (unpaired) electrons. The second-order valence-electron chi connectivity index (χ2n) is 7.05. The van der Waals surface area contributed by atoms with Crippen molar-refractivity contribution in [2.24, 2.45) is 0 Å². The maximum atomic E-state index is 13.2. The van der Waals surface area contributed by atoms with Crippen LogP contribution in [0.15, 0.2) is 52.2 Å². The molecule has 1 aromatic carbocycles. The first kappa shape index (κ1) is 25.4. The standard InChI is InChI=1S/C18H20Cl2N3O9P/c1-10(15(26)27)22-33(29,32-11-5-3-2-4-6-11)30-9-12-14(25)18(19,20)16(31-12)23-8-7-13(24)21-17(23)28/h2-8,10,12,14,16,25H,9H2,1H3,(H,22,29)(H,26,27)(H,21,24,28)/t10?,12-,14-,16-,33?/m1/s1. The van der Waals surface area contributed by atoms with Crippen LogP contribution >= 0.6 is 30.9 Å². The Kier molecular flexibility index (Phi) is 7.69. The lowest BCUT2D eigenvalue weighted by atomic mass is 10.2. The lowest BCUT2D eigenvalue weighted by Crippen LogP contribution is -2.41. The molecule has 0 spiro atoms. The maximum absolute atomic E-state index is 13.2. The average Bonchev–Trinajstić information content (AvgIpc) is 2.96. The summed E-state index contributed by atoms with van der Waals surface area (Å²) in [5.74, 6) is -1.19. The number of para-hydroxylation sites is 1. The fourth-order valence-corrected chi connectivity index (χ4v) is 4.99. The molecule has 33 heavy (non-hydrogen) atoms. The van der Waals surface area contributed by atoms with Gasteiger partial charge in [0, 0.05) is 12.3 Å². The van der Waals surface area contributed by atoms with Crippen LogP contribution in [-0.4, -0.2) is 54.9 Å². The third-order valence-corrected chi connectivity index (χ3v) is 7.05. The number of aliphatic hydroxyl groups excluding tert-OH is 1. The molecular weight excluding hydrogens is 504 g/mol. The second-order valence-corrected chi connectivity index (χ2v) is 10.2. The number of aromatic amines is 1. The fraction of sp³-hybridized carbons (Fsp3) is 0.389. The van der Waals surface area contributed by atoms with Gasteiger partial charge in [0.1, 0.15) is 24.0 Å². The predicted molar refractivity (Wildman–Crippen MR) is 117 cm³/mol. The molecule has 0 amide bonds. The Balaban J connectivity index is 1.80. The summed E-state index contributed by atoms with van der Waals surface area (Å²) in [7, 11) is -4.30. The molecule has 5 atom stereocenters. The number of aliphatic hydroxyl groups is 1. The predicted octanol–water partition coefficient (Wildman–Crippen LogP) is 1.24. The van der Waals surface area contributed by atoms with Crippen LogP contribution in [0.1, 0.15) is 13.2 Å². The number of aliphatic carboxylic acids is 1. The molecule has 1 fully saturated rings. The highest BCUT2D eigenvalue weighted by Gasteiger charge is 2.56. The van der Waals surface area contributed by atoms with Crippen molar-refractivity contribution in [2.45, 2.75) is 35.7 Å². The van der Waals surface area contributed by atoms with Crippen LogP contribution in [0.2, 0.25) is 0 Å². The molecule has 1 aromatic heterocycles.